The monoisotopic (exact) mass is 417 g/mol. The number of carboxylic acid groups (broad SMARTS) is 1. The molecule has 0 aliphatic carbocycles. The van der Waals surface area contributed by atoms with E-state index in [1.165, 1.54) is 10.5 Å². The molecule has 0 unspecified atom stereocenters. The standard InChI is InChI=1S/C23H23N5O3/c1-13-9-18(16(4)26-19-8-6-5-7-17(19)23(30)31)21-27-20(25-11-14(2)10-24)15(3)22(29)28(21)12-13/h5-9,12,16,25-26H,2,11H2,1,3-4H3,(H,30,31)/t16-/m1/s1. The number of nitrogens with one attached hydrogen (secondary N) is 2. The van der Waals surface area contributed by atoms with Crippen LogP contribution < -0.4 is 16.2 Å². The first kappa shape index (κ1) is 21.6. The zero-order valence-electron chi connectivity index (χ0n) is 17.6. The Labute approximate surface area is 179 Å². The molecular weight excluding hydrogens is 394 g/mol. The molecule has 0 aliphatic rings. The van der Waals surface area contributed by atoms with Gasteiger partial charge in [0.15, 0.2) is 0 Å². The van der Waals surface area contributed by atoms with Gasteiger partial charge in [-0.1, -0.05) is 18.7 Å². The molecule has 1 atom stereocenters. The van der Waals surface area contributed by atoms with Crippen LogP contribution in [-0.2, 0) is 0 Å². The molecule has 3 rings (SSSR count). The van der Waals surface area contributed by atoms with Crippen LogP contribution in [0, 0.1) is 25.2 Å². The second kappa shape index (κ2) is 8.71. The molecule has 3 N–H and O–H groups in total. The molecule has 0 spiro atoms. The number of benzene rings is 1. The van der Waals surface area contributed by atoms with Crippen LogP contribution in [0.15, 0.2) is 53.5 Å². The number of nitrogens with zero attached hydrogens (tertiary/aromatic N) is 3. The summed E-state index contributed by atoms with van der Waals surface area (Å²) in [6, 6.07) is 10.2. The van der Waals surface area contributed by atoms with Gasteiger partial charge in [0.1, 0.15) is 11.5 Å². The van der Waals surface area contributed by atoms with E-state index >= 15 is 0 Å². The van der Waals surface area contributed by atoms with Gasteiger partial charge in [0.2, 0.25) is 0 Å². The Morgan fingerprint density at radius 1 is 1.35 bits per heavy atom. The van der Waals surface area contributed by atoms with Crippen LogP contribution in [-0.4, -0.2) is 27.0 Å². The number of para-hydroxylation sites is 1. The van der Waals surface area contributed by atoms with Crippen molar-refractivity contribution in [2.24, 2.45) is 0 Å². The molecule has 0 saturated carbocycles. The highest BCUT2D eigenvalue weighted by molar-refractivity contribution is 5.94. The highest BCUT2D eigenvalue weighted by atomic mass is 16.4. The van der Waals surface area contributed by atoms with E-state index in [1.54, 1.807) is 31.3 Å². The van der Waals surface area contributed by atoms with E-state index in [-0.39, 0.29) is 23.7 Å². The molecule has 1 aromatic carbocycles. The van der Waals surface area contributed by atoms with Crippen molar-refractivity contribution in [3.63, 3.8) is 0 Å². The highest BCUT2D eigenvalue weighted by Gasteiger charge is 2.18. The molecule has 0 saturated heterocycles. The Kier molecular flexibility index (Phi) is 6.07. The van der Waals surface area contributed by atoms with Crippen LogP contribution in [0.4, 0.5) is 11.5 Å². The second-order valence-corrected chi connectivity index (χ2v) is 7.34. The molecule has 0 amide bonds. The largest absolute Gasteiger partial charge is 0.478 e. The van der Waals surface area contributed by atoms with Gasteiger partial charge in [-0.05, 0) is 44.5 Å². The van der Waals surface area contributed by atoms with E-state index in [0.717, 1.165) is 11.1 Å². The van der Waals surface area contributed by atoms with Gasteiger partial charge in [-0.15, -0.1) is 0 Å². The van der Waals surface area contributed by atoms with Crippen molar-refractivity contribution in [2.75, 3.05) is 17.2 Å². The molecule has 0 bridgehead atoms. The predicted molar refractivity (Wildman–Crippen MR) is 120 cm³/mol. The van der Waals surface area contributed by atoms with E-state index in [2.05, 4.69) is 22.2 Å². The van der Waals surface area contributed by atoms with E-state index in [9.17, 15) is 14.7 Å². The lowest BCUT2D eigenvalue weighted by atomic mass is 10.1. The average molecular weight is 417 g/mol. The molecule has 2 aromatic heterocycles. The van der Waals surface area contributed by atoms with Gasteiger partial charge in [-0.3, -0.25) is 9.20 Å². The summed E-state index contributed by atoms with van der Waals surface area (Å²) in [5.41, 5.74) is 3.20. The normalized spacial score (nSPS) is 11.5. The first-order valence-corrected chi connectivity index (χ1v) is 9.67. The minimum Gasteiger partial charge on any atom is -0.478 e. The Morgan fingerprint density at radius 2 is 2.06 bits per heavy atom. The number of carboxylic acids is 1. The summed E-state index contributed by atoms with van der Waals surface area (Å²) in [4.78, 5) is 29.2. The van der Waals surface area contributed by atoms with Crippen molar-refractivity contribution in [1.82, 2.24) is 9.38 Å². The van der Waals surface area contributed by atoms with Crippen LogP contribution in [0.1, 0.15) is 40.0 Å². The van der Waals surface area contributed by atoms with Crippen LogP contribution in [0.25, 0.3) is 5.65 Å². The fourth-order valence-electron chi connectivity index (χ4n) is 3.32. The van der Waals surface area contributed by atoms with E-state index < -0.39 is 5.97 Å². The number of fused-ring (bicyclic) bond motifs is 1. The van der Waals surface area contributed by atoms with Gasteiger partial charge in [0.05, 0.1) is 29.8 Å². The number of carbonyl (C=O) groups is 1. The number of hydrogen-bond donors (Lipinski definition) is 3. The molecule has 31 heavy (non-hydrogen) atoms. The molecule has 8 heteroatoms. The van der Waals surface area contributed by atoms with E-state index in [0.29, 0.717) is 28.3 Å². The lowest BCUT2D eigenvalue weighted by Gasteiger charge is -2.20. The number of hydrogen-bond acceptors (Lipinski definition) is 6. The summed E-state index contributed by atoms with van der Waals surface area (Å²) in [6.45, 7) is 9.25. The summed E-state index contributed by atoms with van der Waals surface area (Å²) in [7, 11) is 0. The minimum atomic E-state index is -1.03. The Morgan fingerprint density at radius 3 is 2.74 bits per heavy atom. The third-order valence-corrected chi connectivity index (χ3v) is 4.94. The van der Waals surface area contributed by atoms with Gasteiger partial charge < -0.3 is 15.7 Å². The quantitative estimate of drug-likeness (QED) is 0.502. The lowest BCUT2D eigenvalue weighted by Crippen LogP contribution is -2.23. The zero-order valence-corrected chi connectivity index (χ0v) is 17.6. The highest BCUT2D eigenvalue weighted by Crippen LogP contribution is 2.26. The summed E-state index contributed by atoms with van der Waals surface area (Å²) >= 11 is 0. The third-order valence-electron chi connectivity index (χ3n) is 4.94. The van der Waals surface area contributed by atoms with Crippen molar-refractivity contribution in [1.29, 1.82) is 5.26 Å². The van der Waals surface area contributed by atoms with Gasteiger partial charge in [-0.25, -0.2) is 9.78 Å². The zero-order chi connectivity index (χ0) is 22.7. The first-order valence-electron chi connectivity index (χ1n) is 9.67. The molecule has 0 radical (unpaired) electrons. The molecule has 8 nitrogen and oxygen atoms in total. The van der Waals surface area contributed by atoms with Crippen molar-refractivity contribution in [3.8, 4) is 6.07 Å². The first-order chi connectivity index (χ1) is 14.7. The predicted octanol–water partition coefficient (Wildman–Crippen LogP) is 3.67. The number of anilines is 2. The Balaban J connectivity index is 2.10. The SMILES string of the molecule is C=C(C#N)CNc1nc2c([C@@H](C)Nc3ccccc3C(=O)O)cc(C)cn2c(=O)c1C. The Hall–Kier alpha value is -4.12. The number of pyridine rings is 1. The smallest absolute Gasteiger partial charge is 0.337 e. The molecule has 0 aliphatic heterocycles. The fraction of sp³-hybridized carbons (Fsp3) is 0.217. The number of aryl methyl sites for hydroxylation is 1. The third kappa shape index (κ3) is 4.41. The van der Waals surface area contributed by atoms with Gasteiger partial charge in [0, 0.05) is 23.0 Å². The van der Waals surface area contributed by atoms with Crippen LogP contribution in [0.5, 0.6) is 0 Å². The molecule has 3 aromatic rings. The second-order valence-electron chi connectivity index (χ2n) is 7.34. The number of nitriles is 1. The average Bonchev–Trinajstić information content (AvgIpc) is 2.75. The Bertz CT molecular complexity index is 1290. The summed E-state index contributed by atoms with van der Waals surface area (Å²) in [5.74, 6) is -0.650. The number of aromatic nitrogens is 2. The molecule has 0 fully saturated rings. The van der Waals surface area contributed by atoms with Gasteiger partial charge >= 0.3 is 5.97 Å². The van der Waals surface area contributed by atoms with Crippen LogP contribution in [0.3, 0.4) is 0 Å². The van der Waals surface area contributed by atoms with E-state index in [1.807, 2.05) is 26.0 Å². The lowest BCUT2D eigenvalue weighted by molar-refractivity contribution is 0.0698. The fourth-order valence-corrected chi connectivity index (χ4v) is 3.32. The maximum Gasteiger partial charge on any atom is 0.337 e. The van der Waals surface area contributed by atoms with Crippen molar-refractivity contribution >= 4 is 23.1 Å². The van der Waals surface area contributed by atoms with Crippen LogP contribution in [0.2, 0.25) is 0 Å². The minimum absolute atomic E-state index is 0.157. The number of aromatic carboxylic acids is 1. The van der Waals surface area contributed by atoms with Crippen molar-refractivity contribution in [2.45, 2.75) is 26.8 Å². The maximum absolute atomic E-state index is 13.0. The molecule has 158 valence electrons. The van der Waals surface area contributed by atoms with Gasteiger partial charge in [0.25, 0.3) is 5.56 Å². The van der Waals surface area contributed by atoms with Crippen molar-refractivity contribution in [3.05, 3.63) is 81.3 Å². The molecule has 2 heterocycles. The summed E-state index contributed by atoms with van der Waals surface area (Å²) in [5, 5.41) is 24.6. The topological polar surface area (TPSA) is 120 Å². The molecular formula is C23H23N5O3. The maximum atomic E-state index is 13.0. The van der Waals surface area contributed by atoms with Crippen molar-refractivity contribution < 1.29 is 9.90 Å². The summed E-state index contributed by atoms with van der Waals surface area (Å²) in [6.07, 6.45) is 1.72. The van der Waals surface area contributed by atoms with E-state index in [4.69, 9.17) is 5.26 Å². The van der Waals surface area contributed by atoms with Crippen LogP contribution >= 0.6 is 0 Å². The number of rotatable bonds is 7. The van der Waals surface area contributed by atoms with Gasteiger partial charge in [-0.2, -0.15) is 5.26 Å². The summed E-state index contributed by atoms with van der Waals surface area (Å²) < 4.78 is 1.49.